The monoisotopic (exact) mass is 294 g/mol. The number of hydrogen-bond donors (Lipinski definition) is 2. The predicted molar refractivity (Wildman–Crippen MR) is 85.1 cm³/mol. The number of hydrogen-bond acceptors (Lipinski definition) is 3. The maximum absolute atomic E-state index is 14.4. The third-order valence-electron chi connectivity index (χ3n) is 4.17. The Labute approximate surface area is 127 Å². The fraction of sp³-hybridized carbons (Fsp3) is 0.647. The second-order valence-electron chi connectivity index (χ2n) is 5.84. The van der Waals surface area contributed by atoms with Crippen molar-refractivity contribution < 1.29 is 9.50 Å². The number of nitrogens with one attached hydrogen (secondary N) is 1. The lowest BCUT2D eigenvalue weighted by molar-refractivity contribution is 0.254. The van der Waals surface area contributed by atoms with Gasteiger partial charge in [0.05, 0.1) is 18.3 Å². The minimum absolute atomic E-state index is 0.0473. The van der Waals surface area contributed by atoms with Crippen LogP contribution in [0.4, 0.5) is 10.1 Å². The number of anilines is 1. The smallest absolute Gasteiger partial charge is 0.146 e. The molecule has 118 valence electrons. The second kappa shape index (κ2) is 8.35. The van der Waals surface area contributed by atoms with Crippen molar-refractivity contribution in [2.45, 2.75) is 51.6 Å². The Morgan fingerprint density at radius 2 is 2.19 bits per heavy atom. The van der Waals surface area contributed by atoms with Gasteiger partial charge in [0.2, 0.25) is 0 Å². The molecule has 1 atom stereocenters. The highest BCUT2D eigenvalue weighted by molar-refractivity contribution is 5.50. The van der Waals surface area contributed by atoms with Gasteiger partial charge in [-0.1, -0.05) is 25.8 Å². The Kier molecular flexibility index (Phi) is 6.46. The molecule has 0 aromatic heterocycles. The molecule has 3 nitrogen and oxygen atoms in total. The first-order chi connectivity index (χ1) is 10.3. The minimum atomic E-state index is -0.175. The molecular formula is C17H27FN2O. The van der Waals surface area contributed by atoms with Crippen LogP contribution in [0.5, 0.6) is 0 Å². The molecule has 0 saturated carbocycles. The van der Waals surface area contributed by atoms with E-state index >= 15 is 0 Å². The summed E-state index contributed by atoms with van der Waals surface area (Å²) in [5.41, 5.74) is 1.61. The number of aliphatic hydroxyl groups is 1. The van der Waals surface area contributed by atoms with Crippen molar-refractivity contribution in [2.24, 2.45) is 0 Å². The van der Waals surface area contributed by atoms with Crippen LogP contribution >= 0.6 is 0 Å². The Balaban J connectivity index is 2.10. The second-order valence-corrected chi connectivity index (χ2v) is 5.84. The van der Waals surface area contributed by atoms with Gasteiger partial charge >= 0.3 is 0 Å². The molecule has 1 aromatic rings. The van der Waals surface area contributed by atoms with Gasteiger partial charge < -0.3 is 15.3 Å². The molecule has 1 unspecified atom stereocenters. The fourth-order valence-electron chi connectivity index (χ4n) is 2.99. The van der Waals surface area contributed by atoms with Crippen molar-refractivity contribution in [3.63, 3.8) is 0 Å². The van der Waals surface area contributed by atoms with E-state index < -0.39 is 0 Å². The first kappa shape index (κ1) is 16.2. The summed E-state index contributed by atoms with van der Waals surface area (Å²) >= 11 is 0. The molecule has 1 fully saturated rings. The molecule has 0 spiro atoms. The van der Waals surface area contributed by atoms with Gasteiger partial charge in [0.1, 0.15) is 5.82 Å². The molecule has 1 aromatic carbocycles. The van der Waals surface area contributed by atoms with E-state index in [0.29, 0.717) is 12.2 Å². The van der Waals surface area contributed by atoms with E-state index in [1.165, 1.54) is 0 Å². The lowest BCUT2D eigenvalue weighted by Crippen LogP contribution is -2.38. The van der Waals surface area contributed by atoms with E-state index in [9.17, 15) is 9.50 Å². The van der Waals surface area contributed by atoms with Gasteiger partial charge in [-0.2, -0.15) is 0 Å². The Morgan fingerprint density at radius 3 is 2.90 bits per heavy atom. The van der Waals surface area contributed by atoms with Crippen LogP contribution in [0.3, 0.4) is 0 Å². The van der Waals surface area contributed by atoms with Crippen LogP contribution in [0.2, 0.25) is 0 Å². The molecule has 21 heavy (non-hydrogen) atoms. The SMILES string of the molecule is CCCNCc1ccc(N2CCCCCC2CO)c(F)c1. The van der Waals surface area contributed by atoms with Crippen LogP contribution in [0.1, 0.15) is 44.6 Å². The summed E-state index contributed by atoms with van der Waals surface area (Å²) in [5.74, 6) is -0.175. The standard InChI is InChI=1S/C17H27FN2O/c1-2-9-19-12-14-7-8-17(16(18)11-14)20-10-5-3-4-6-15(20)13-21/h7-8,11,15,19,21H,2-6,9-10,12-13H2,1H3. The summed E-state index contributed by atoms with van der Waals surface area (Å²) in [7, 11) is 0. The normalized spacial score (nSPS) is 19.6. The zero-order valence-electron chi connectivity index (χ0n) is 12.9. The van der Waals surface area contributed by atoms with E-state index in [0.717, 1.165) is 50.8 Å². The van der Waals surface area contributed by atoms with E-state index in [-0.39, 0.29) is 18.5 Å². The number of aliphatic hydroxyl groups excluding tert-OH is 1. The zero-order valence-corrected chi connectivity index (χ0v) is 12.9. The van der Waals surface area contributed by atoms with Crippen LogP contribution in [-0.2, 0) is 6.54 Å². The quantitative estimate of drug-likeness (QED) is 0.792. The lowest BCUT2D eigenvalue weighted by atomic mass is 10.1. The maximum Gasteiger partial charge on any atom is 0.146 e. The van der Waals surface area contributed by atoms with E-state index in [1.807, 2.05) is 17.0 Å². The summed E-state index contributed by atoms with van der Waals surface area (Å²) in [5, 5.41) is 12.8. The average Bonchev–Trinajstić information content (AvgIpc) is 2.73. The van der Waals surface area contributed by atoms with Crippen molar-refractivity contribution in [1.29, 1.82) is 0 Å². The molecule has 4 heteroatoms. The number of benzene rings is 1. The molecular weight excluding hydrogens is 267 g/mol. The zero-order chi connectivity index (χ0) is 15.1. The minimum Gasteiger partial charge on any atom is -0.394 e. The maximum atomic E-state index is 14.4. The summed E-state index contributed by atoms with van der Waals surface area (Å²) in [6.45, 7) is 4.69. The molecule has 1 aliphatic heterocycles. The van der Waals surface area contributed by atoms with Gasteiger partial charge in [-0.15, -0.1) is 0 Å². The summed E-state index contributed by atoms with van der Waals surface area (Å²) in [6.07, 6.45) is 5.36. The van der Waals surface area contributed by atoms with Gasteiger partial charge in [-0.25, -0.2) is 4.39 Å². The van der Waals surface area contributed by atoms with Gasteiger partial charge in [0.15, 0.2) is 0 Å². The first-order valence-electron chi connectivity index (χ1n) is 8.13. The number of halogens is 1. The highest BCUT2D eigenvalue weighted by Crippen LogP contribution is 2.27. The van der Waals surface area contributed by atoms with Crippen molar-refractivity contribution in [3.8, 4) is 0 Å². The van der Waals surface area contributed by atoms with Crippen molar-refractivity contribution in [2.75, 3.05) is 24.6 Å². The Bertz CT molecular complexity index is 439. The van der Waals surface area contributed by atoms with E-state index in [1.54, 1.807) is 6.07 Å². The average molecular weight is 294 g/mol. The Hall–Kier alpha value is -1.13. The van der Waals surface area contributed by atoms with Gasteiger partial charge in [0.25, 0.3) is 0 Å². The highest BCUT2D eigenvalue weighted by Gasteiger charge is 2.22. The highest BCUT2D eigenvalue weighted by atomic mass is 19.1. The lowest BCUT2D eigenvalue weighted by Gasteiger charge is -2.31. The van der Waals surface area contributed by atoms with Crippen LogP contribution in [0.25, 0.3) is 0 Å². The van der Waals surface area contributed by atoms with Gasteiger partial charge in [-0.05, 0) is 43.5 Å². The molecule has 0 radical (unpaired) electrons. The molecule has 2 rings (SSSR count). The van der Waals surface area contributed by atoms with Gasteiger partial charge in [0, 0.05) is 13.1 Å². The summed E-state index contributed by atoms with van der Waals surface area (Å²) < 4.78 is 14.4. The van der Waals surface area contributed by atoms with Crippen molar-refractivity contribution in [3.05, 3.63) is 29.6 Å². The Morgan fingerprint density at radius 1 is 1.33 bits per heavy atom. The third-order valence-corrected chi connectivity index (χ3v) is 4.17. The molecule has 0 aliphatic carbocycles. The number of rotatable bonds is 6. The van der Waals surface area contributed by atoms with Crippen molar-refractivity contribution in [1.82, 2.24) is 5.32 Å². The summed E-state index contributed by atoms with van der Waals surface area (Å²) in [6, 6.07) is 5.52. The molecule has 1 saturated heterocycles. The van der Waals surface area contributed by atoms with E-state index in [2.05, 4.69) is 12.2 Å². The van der Waals surface area contributed by atoms with Crippen LogP contribution in [0.15, 0.2) is 18.2 Å². The first-order valence-corrected chi connectivity index (χ1v) is 8.13. The summed E-state index contributed by atoms with van der Waals surface area (Å²) in [4.78, 5) is 2.05. The topological polar surface area (TPSA) is 35.5 Å². The van der Waals surface area contributed by atoms with Crippen LogP contribution in [-0.4, -0.2) is 30.8 Å². The molecule has 1 heterocycles. The molecule has 0 bridgehead atoms. The third kappa shape index (κ3) is 4.42. The van der Waals surface area contributed by atoms with Gasteiger partial charge in [-0.3, -0.25) is 0 Å². The number of nitrogens with zero attached hydrogens (tertiary/aromatic N) is 1. The molecule has 1 aliphatic rings. The largest absolute Gasteiger partial charge is 0.394 e. The molecule has 2 N–H and O–H groups in total. The fourth-order valence-corrected chi connectivity index (χ4v) is 2.99. The van der Waals surface area contributed by atoms with Crippen LogP contribution in [0, 0.1) is 5.82 Å². The predicted octanol–water partition coefficient (Wildman–Crippen LogP) is 3.07. The molecule has 0 amide bonds. The van der Waals surface area contributed by atoms with E-state index in [4.69, 9.17) is 0 Å². The van der Waals surface area contributed by atoms with Crippen LogP contribution < -0.4 is 10.2 Å². The van der Waals surface area contributed by atoms with Crippen molar-refractivity contribution >= 4 is 5.69 Å².